The summed E-state index contributed by atoms with van der Waals surface area (Å²) in [4.78, 5) is 2.55. The summed E-state index contributed by atoms with van der Waals surface area (Å²) in [7, 11) is 2.28. The maximum atomic E-state index is 2.55. The fraction of sp³-hybridized carbons (Fsp3) is 0.667. The highest BCUT2D eigenvalue weighted by atomic mass is 15.2. The summed E-state index contributed by atoms with van der Waals surface area (Å²) >= 11 is 0. The van der Waals surface area contributed by atoms with E-state index in [1.165, 1.54) is 31.2 Å². The van der Waals surface area contributed by atoms with Crippen LogP contribution in [0.2, 0.25) is 0 Å². The van der Waals surface area contributed by atoms with Crippen LogP contribution in [0.3, 0.4) is 0 Å². The summed E-state index contributed by atoms with van der Waals surface area (Å²) in [5, 5.41) is 0. The normalized spacial score (nSPS) is 22.6. The van der Waals surface area contributed by atoms with E-state index in [4.69, 9.17) is 0 Å². The van der Waals surface area contributed by atoms with Crippen LogP contribution >= 0.6 is 0 Å². The molecule has 0 spiro atoms. The molecule has 1 heterocycles. The molecule has 0 N–H and O–H groups in total. The summed E-state index contributed by atoms with van der Waals surface area (Å²) in [6, 6.07) is 12.4. The lowest BCUT2D eigenvalue weighted by Crippen LogP contribution is -2.43. The Morgan fingerprint density at radius 1 is 1.00 bits per heavy atom. The van der Waals surface area contributed by atoms with Gasteiger partial charge in [0.05, 0.1) is 0 Å². The molecular formula is C18H33N. The van der Waals surface area contributed by atoms with Gasteiger partial charge in [-0.05, 0) is 38.8 Å². The highest BCUT2D eigenvalue weighted by Crippen LogP contribution is 2.23. The molecule has 0 bridgehead atoms. The van der Waals surface area contributed by atoms with Gasteiger partial charge in [0.15, 0.2) is 0 Å². The largest absolute Gasteiger partial charge is 0.300 e. The minimum absolute atomic E-state index is 0.746. The van der Waals surface area contributed by atoms with Crippen LogP contribution in [0.25, 0.3) is 0 Å². The first-order valence-corrected chi connectivity index (χ1v) is 8.03. The van der Waals surface area contributed by atoms with Crippen molar-refractivity contribution in [2.75, 3.05) is 7.05 Å². The number of benzene rings is 1. The third kappa shape index (κ3) is 6.24. The number of hydrogen-bond donors (Lipinski definition) is 0. The summed E-state index contributed by atoms with van der Waals surface area (Å²) < 4.78 is 0. The number of piperidine rings is 1. The Kier molecular flexibility index (Phi) is 10.6. The molecule has 1 fully saturated rings. The van der Waals surface area contributed by atoms with E-state index in [1.54, 1.807) is 0 Å². The van der Waals surface area contributed by atoms with E-state index in [0.29, 0.717) is 0 Å². The highest BCUT2D eigenvalue weighted by Gasteiger charge is 2.24. The number of nitrogens with zero attached hydrogens (tertiary/aromatic N) is 1. The topological polar surface area (TPSA) is 3.24 Å². The molecule has 1 aliphatic rings. The van der Waals surface area contributed by atoms with Crippen molar-refractivity contribution in [1.82, 2.24) is 4.90 Å². The van der Waals surface area contributed by atoms with Gasteiger partial charge in [0, 0.05) is 12.1 Å². The monoisotopic (exact) mass is 263 g/mol. The predicted molar refractivity (Wildman–Crippen MR) is 87.7 cm³/mol. The van der Waals surface area contributed by atoms with Crippen LogP contribution in [0.15, 0.2) is 30.3 Å². The molecule has 0 aromatic heterocycles. The summed E-state index contributed by atoms with van der Waals surface area (Å²) in [6.07, 6.45) is 5.32. The van der Waals surface area contributed by atoms with Crippen LogP contribution in [0.5, 0.6) is 0 Å². The number of rotatable bonds is 2. The van der Waals surface area contributed by atoms with Gasteiger partial charge in [-0.25, -0.2) is 0 Å². The van der Waals surface area contributed by atoms with E-state index in [1.807, 2.05) is 27.7 Å². The number of likely N-dealkylation sites (tertiary alicyclic amines) is 1. The minimum Gasteiger partial charge on any atom is -0.300 e. The second-order valence-electron chi connectivity index (χ2n) is 4.79. The molecule has 0 amide bonds. The second kappa shape index (κ2) is 11.0. The molecule has 1 nitrogen and oxygen atoms in total. The maximum Gasteiger partial charge on any atom is 0.0135 e. The van der Waals surface area contributed by atoms with E-state index in [-0.39, 0.29) is 0 Å². The van der Waals surface area contributed by atoms with Crippen molar-refractivity contribution in [3.63, 3.8) is 0 Å². The third-order valence-electron chi connectivity index (χ3n) is 3.74. The van der Waals surface area contributed by atoms with Crippen molar-refractivity contribution < 1.29 is 0 Å². The molecule has 2 rings (SSSR count). The van der Waals surface area contributed by atoms with E-state index in [2.05, 4.69) is 49.2 Å². The molecule has 1 aliphatic heterocycles. The smallest absolute Gasteiger partial charge is 0.0135 e. The van der Waals surface area contributed by atoms with Crippen molar-refractivity contribution in [3.05, 3.63) is 35.9 Å². The summed E-state index contributed by atoms with van der Waals surface area (Å²) in [6.45, 7) is 10.3. The molecule has 1 aromatic carbocycles. The minimum atomic E-state index is 0.746. The van der Waals surface area contributed by atoms with Gasteiger partial charge in [0.2, 0.25) is 0 Å². The van der Waals surface area contributed by atoms with E-state index in [0.717, 1.165) is 12.1 Å². The second-order valence-corrected chi connectivity index (χ2v) is 4.79. The summed E-state index contributed by atoms with van der Waals surface area (Å²) in [5.74, 6) is 0. The van der Waals surface area contributed by atoms with Crippen LogP contribution in [0.1, 0.15) is 59.4 Å². The average molecular weight is 263 g/mol. The van der Waals surface area contributed by atoms with Crippen molar-refractivity contribution in [3.8, 4) is 0 Å². The molecule has 1 aromatic rings. The van der Waals surface area contributed by atoms with Crippen LogP contribution < -0.4 is 0 Å². The predicted octanol–water partition coefficient (Wildman–Crippen LogP) is 5.15. The lowest BCUT2D eigenvalue weighted by atomic mass is 9.93. The van der Waals surface area contributed by atoms with Crippen LogP contribution in [0, 0.1) is 0 Å². The van der Waals surface area contributed by atoms with Crippen molar-refractivity contribution in [1.29, 1.82) is 0 Å². The van der Waals surface area contributed by atoms with Crippen LogP contribution in [-0.2, 0) is 6.42 Å². The zero-order chi connectivity index (χ0) is 14.7. The lowest BCUT2D eigenvalue weighted by molar-refractivity contribution is 0.125. The molecule has 19 heavy (non-hydrogen) atoms. The molecule has 2 atom stereocenters. The fourth-order valence-corrected chi connectivity index (χ4v) is 2.55. The highest BCUT2D eigenvalue weighted by molar-refractivity contribution is 5.16. The lowest BCUT2D eigenvalue weighted by Gasteiger charge is -2.38. The number of hydrogen-bond acceptors (Lipinski definition) is 1. The molecule has 110 valence electrons. The Morgan fingerprint density at radius 2 is 1.58 bits per heavy atom. The molecule has 0 aliphatic carbocycles. The molecule has 0 radical (unpaired) electrons. The Balaban J connectivity index is 0.000000741. The first kappa shape index (κ1) is 18.2. The Morgan fingerprint density at radius 3 is 2.16 bits per heavy atom. The quantitative estimate of drug-likeness (QED) is 0.713. The van der Waals surface area contributed by atoms with Crippen molar-refractivity contribution in [2.24, 2.45) is 0 Å². The van der Waals surface area contributed by atoms with E-state index >= 15 is 0 Å². The van der Waals surface area contributed by atoms with Gasteiger partial charge in [-0.1, -0.05) is 64.4 Å². The van der Waals surface area contributed by atoms with Gasteiger partial charge in [0.25, 0.3) is 0 Å². The SMILES string of the molecule is CC.CC.CC1CCCC(Cc2ccccc2)N1C. The zero-order valence-electron chi connectivity index (χ0n) is 13.8. The fourth-order valence-electron chi connectivity index (χ4n) is 2.55. The van der Waals surface area contributed by atoms with E-state index in [9.17, 15) is 0 Å². The molecule has 1 heteroatoms. The van der Waals surface area contributed by atoms with Crippen LogP contribution in [0.4, 0.5) is 0 Å². The van der Waals surface area contributed by atoms with Crippen molar-refractivity contribution >= 4 is 0 Å². The Bertz CT molecular complexity index is 294. The van der Waals surface area contributed by atoms with Gasteiger partial charge < -0.3 is 4.90 Å². The zero-order valence-corrected chi connectivity index (χ0v) is 13.8. The van der Waals surface area contributed by atoms with Gasteiger partial charge >= 0.3 is 0 Å². The first-order chi connectivity index (χ1) is 9.27. The number of likely N-dealkylation sites (N-methyl/N-ethyl adjacent to an activating group) is 1. The average Bonchev–Trinajstić information content (AvgIpc) is 2.49. The Labute approximate surface area is 121 Å². The third-order valence-corrected chi connectivity index (χ3v) is 3.74. The molecule has 2 unspecified atom stereocenters. The molecule has 1 saturated heterocycles. The van der Waals surface area contributed by atoms with Gasteiger partial charge in [0.1, 0.15) is 0 Å². The van der Waals surface area contributed by atoms with Gasteiger partial charge in [-0.15, -0.1) is 0 Å². The maximum absolute atomic E-state index is 2.55. The van der Waals surface area contributed by atoms with E-state index < -0.39 is 0 Å². The van der Waals surface area contributed by atoms with Crippen LogP contribution in [-0.4, -0.2) is 24.0 Å². The Hall–Kier alpha value is -0.820. The van der Waals surface area contributed by atoms with Gasteiger partial charge in [-0.2, -0.15) is 0 Å². The molecular weight excluding hydrogens is 230 g/mol. The standard InChI is InChI=1S/C14H21N.2C2H6/c1-12-7-6-10-14(15(12)2)11-13-8-4-3-5-9-13;2*1-2/h3-5,8-9,12,14H,6-7,10-11H2,1-2H3;2*1-2H3. The summed E-state index contributed by atoms with van der Waals surface area (Å²) in [5.41, 5.74) is 1.48. The van der Waals surface area contributed by atoms with Crippen molar-refractivity contribution in [2.45, 2.75) is 72.4 Å². The molecule has 0 saturated carbocycles. The van der Waals surface area contributed by atoms with Gasteiger partial charge in [-0.3, -0.25) is 0 Å². The first-order valence-electron chi connectivity index (χ1n) is 8.03.